The molecule has 14 heavy (non-hydrogen) atoms. The first kappa shape index (κ1) is 10.8. The number of para-hydroxylation sites is 1. The molecule has 0 amide bonds. The fraction of sp³-hybridized carbons (Fsp3) is 0.333. The van der Waals surface area contributed by atoms with Crippen molar-refractivity contribution in [3.8, 4) is 0 Å². The summed E-state index contributed by atoms with van der Waals surface area (Å²) in [5.41, 5.74) is 0.776. The van der Waals surface area contributed by atoms with Crippen LogP contribution in [0.5, 0.6) is 0 Å². The smallest absolute Gasteiger partial charge is 0.383 e. The summed E-state index contributed by atoms with van der Waals surface area (Å²) in [6, 6.07) is 8.97. The quantitative estimate of drug-likeness (QED) is 0.763. The van der Waals surface area contributed by atoms with E-state index >= 15 is 0 Å². The highest BCUT2D eigenvalue weighted by atomic mass is 19.4. The molecule has 1 N–H and O–H groups in total. The van der Waals surface area contributed by atoms with Crippen molar-refractivity contribution in [1.82, 2.24) is 0 Å². The van der Waals surface area contributed by atoms with Crippen molar-refractivity contribution in [2.45, 2.75) is 6.36 Å². The third-order valence-electron chi connectivity index (χ3n) is 1.47. The summed E-state index contributed by atoms with van der Waals surface area (Å²) in [5, 5.41) is 2.79. The lowest BCUT2D eigenvalue weighted by Crippen LogP contribution is -2.19. The van der Waals surface area contributed by atoms with Crippen molar-refractivity contribution in [2.75, 3.05) is 18.5 Å². The molecule has 0 aliphatic rings. The second-order valence-electron chi connectivity index (χ2n) is 2.59. The van der Waals surface area contributed by atoms with Crippen LogP contribution in [0.1, 0.15) is 0 Å². The van der Waals surface area contributed by atoms with E-state index in [9.17, 15) is 13.2 Å². The molecule has 78 valence electrons. The number of nitrogens with one attached hydrogen (secondary N) is 1. The van der Waals surface area contributed by atoms with Crippen molar-refractivity contribution >= 4 is 5.69 Å². The Balaban J connectivity index is 2.17. The maximum absolute atomic E-state index is 11.5. The van der Waals surface area contributed by atoms with Gasteiger partial charge in [0.15, 0.2) is 0 Å². The SMILES string of the molecule is FC(F)(F)OCCNc1ccccc1. The Morgan fingerprint density at radius 1 is 1.14 bits per heavy atom. The summed E-state index contributed by atoms with van der Waals surface area (Å²) in [5.74, 6) is 0. The van der Waals surface area contributed by atoms with Crippen molar-refractivity contribution in [3.63, 3.8) is 0 Å². The van der Waals surface area contributed by atoms with Crippen LogP contribution in [-0.2, 0) is 4.74 Å². The average Bonchev–Trinajstić information content (AvgIpc) is 2.13. The number of hydrogen-bond donors (Lipinski definition) is 1. The minimum absolute atomic E-state index is 0.128. The van der Waals surface area contributed by atoms with Crippen LogP contribution in [-0.4, -0.2) is 19.5 Å². The largest absolute Gasteiger partial charge is 0.522 e. The Morgan fingerprint density at radius 2 is 1.79 bits per heavy atom. The summed E-state index contributed by atoms with van der Waals surface area (Å²) < 4.78 is 38.2. The van der Waals surface area contributed by atoms with Crippen molar-refractivity contribution in [2.24, 2.45) is 0 Å². The van der Waals surface area contributed by atoms with Gasteiger partial charge in [0.05, 0.1) is 6.61 Å². The molecule has 5 heteroatoms. The number of benzene rings is 1. The van der Waals surface area contributed by atoms with E-state index in [4.69, 9.17) is 0 Å². The number of ether oxygens (including phenoxy) is 1. The van der Waals surface area contributed by atoms with Gasteiger partial charge >= 0.3 is 6.36 Å². The molecular weight excluding hydrogens is 195 g/mol. The highest BCUT2D eigenvalue weighted by Gasteiger charge is 2.28. The molecule has 0 saturated heterocycles. The lowest BCUT2D eigenvalue weighted by atomic mass is 10.3. The molecule has 1 aromatic carbocycles. The van der Waals surface area contributed by atoms with Gasteiger partial charge in [-0.1, -0.05) is 18.2 Å². The van der Waals surface area contributed by atoms with Crippen LogP contribution < -0.4 is 5.32 Å². The molecule has 0 heterocycles. The first-order valence-electron chi connectivity index (χ1n) is 4.07. The van der Waals surface area contributed by atoms with Gasteiger partial charge in [-0.05, 0) is 12.1 Å². The average molecular weight is 205 g/mol. The first-order valence-corrected chi connectivity index (χ1v) is 4.07. The molecular formula is C9H10F3NO. The molecule has 0 bridgehead atoms. The van der Waals surface area contributed by atoms with Crippen LogP contribution >= 0.6 is 0 Å². The third-order valence-corrected chi connectivity index (χ3v) is 1.47. The van der Waals surface area contributed by atoms with Gasteiger partial charge in [-0.15, -0.1) is 13.2 Å². The summed E-state index contributed by atoms with van der Waals surface area (Å²) in [6.07, 6.45) is -4.54. The molecule has 0 unspecified atom stereocenters. The summed E-state index contributed by atoms with van der Waals surface area (Å²) >= 11 is 0. The van der Waals surface area contributed by atoms with Gasteiger partial charge in [-0.2, -0.15) is 0 Å². The van der Waals surface area contributed by atoms with E-state index in [2.05, 4.69) is 10.1 Å². The van der Waals surface area contributed by atoms with Crippen LogP contribution in [0.3, 0.4) is 0 Å². The standard InChI is InChI=1S/C9H10F3NO/c10-9(11,12)14-7-6-13-8-4-2-1-3-5-8/h1-5,13H,6-7H2. The van der Waals surface area contributed by atoms with Crippen LogP contribution in [0.15, 0.2) is 30.3 Å². The van der Waals surface area contributed by atoms with Crippen molar-refractivity contribution in [1.29, 1.82) is 0 Å². The Labute approximate surface area is 79.7 Å². The molecule has 2 nitrogen and oxygen atoms in total. The van der Waals surface area contributed by atoms with Crippen LogP contribution in [0.2, 0.25) is 0 Å². The van der Waals surface area contributed by atoms with Gasteiger partial charge in [0.1, 0.15) is 0 Å². The van der Waals surface area contributed by atoms with Gasteiger partial charge in [-0.3, -0.25) is 4.74 Å². The molecule has 0 saturated carbocycles. The predicted octanol–water partition coefficient (Wildman–Crippen LogP) is 2.63. The number of rotatable bonds is 4. The highest BCUT2D eigenvalue weighted by Crippen LogP contribution is 2.15. The lowest BCUT2D eigenvalue weighted by molar-refractivity contribution is -0.322. The number of anilines is 1. The van der Waals surface area contributed by atoms with E-state index in [-0.39, 0.29) is 6.54 Å². The van der Waals surface area contributed by atoms with Gasteiger partial charge < -0.3 is 5.32 Å². The molecule has 0 aromatic heterocycles. The minimum Gasteiger partial charge on any atom is -0.383 e. The molecule has 0 aliphatic carbocycles. The zero-order valence-corrected chi connectivity index (χ0v) is 7.34. The maximum Gasteiger partial charge on any atom is 0.522 e. The van der Waals surface area contributed by atoms with E-state index in [1.165, 1.54) is 0 Å². The zero-order chi connectivity index (χ0) is 10.4. The highest BCUT2D eigenvalue weighted by molar-refractivity contribution is 5.42. The van der Waals surface area contributed by atoms with Gasteiger partial charge in [0, 0.05) is 12.2 Å². The topological polar surface area (TPSA) is 21.3 Å². The van der Waals surface area contributed by atoms with Crippen LogP contribution in [0.25, 0.3) is 0 Å². The first-order chi connectivity index (χ1) is 6.58. The van der Waals surface area contributed by atoms with E-state index in [1.807, 2.05) is 6.07 Å². The Bertz CT molecular complexity index is 261. The fourth-order valence-electron chi connectivity index (χ4n) is 0.918. The van der Waals surface area contributed by atoms with E-state index < -0.39 is 13.0 Å². The summed E-state index contributed by atoms with van der Waals surface area (Å²) in [6.45, 7) is -0.262. The summed E-state index contributed by atoms with van der Waals surface area (Å²) in [4.78, 5) is 0. The molecule has 0 radical (unpaired) electrons. The summed E-state index contributed by atoms with van der Waals surface area (Å²) in [7, 11) is 0. The Hall–Kier alpha value is -1.23. The molecule has 0 fully saturated rings. The minimum atomic E-state index is -4.54. The van der Waals surface area contributed by atoms with Crippen LogP contribution in [0.4, 0.5) is 18.9 Å². The number of halogens is 3. The molecule has 0 atom stereocenters. The third kappa shape index (κ3) is 4.71. The van der Waals surface area contributed by atoms with Gasteiger partial charge in [0.25, 0.3) is 0 Å². The predicted molar refractivity (Wildman–Crippen MR) is 46.9 cm³/mol. The van der Waals surface area contributed by atoms with Crippen molar-refractivity contribution < 1.29 is 17.9 Å². The van der Waals surface area contributed by atoms with E-state index in [0.717, 1.165) is 5.69 Å². The second kappa shape index (κ2) is 4.85. The van der Waals surface area contributed by atoms with E-state index in [0.29, 0.717) is 0 Å². The number of alkyl halides is 3. The Kier molecular flexibility index (Phi) is 3.76. The van der Waals surface area contributed by atoms with Crippen molar-refractivity contribution in [3.05, 3.63) is 30.3 Å². The zero-order valence-electron chi connectivity index (χ0n) is 7.34. The monoisotopic (exact) mass is 205 g/mol. The van der Waals surface area contributed by atoms with Crippen LogP contribution in [0, 0.1) is 0 Å². The lowest BCUT2D eigenvalue weighted by Gasteiger charge is -2.08. The molecule has 1 aromatic rings. The van der Waals surface area contributed by atoms with Gasteiger partial charge in [0.2, 0.25) is 0 Å². The fourth-order valence-corrected chi connectivity index (χ4v) is 0.918. The van der Waals surface area contributed by atoms with Gasteiger partial charge in [-0.25, -0.2) is 0 Å². The maximum atomic E-state index is 11.5. The normalized spacial score (nSPS) is 11.4. The Morgan fingerprint density at radius 3 is 2.36 bits per heavy atom. The number of hydrogen-bond acceptors (Lipinski definition) is 2. The molecule has 1 rings (SSSR count). The van der Waals surface area contributed by atoms with E-state index in [1.54, 1.807) is 24.3 Å². The molecule has 0 spiro atoms. The second-order valence-corrected chi connectivity index (χ2v) is 2.59. The molecule has 0 aliphatic heterocycles.